The smallest absolute Gasteiger partial charge is 0.311 e. The van der Waals surface area contributed by atoms with Crippen LogP contribution in [0, 0.1) is 17.8 Å². The number of Topliss-reactive ketones (excluding diaryl/α,β-unsaturated/α-hetero) is 1. The topological polar surface area (TPSA) is 178 Å². The summed E-state index contributed by atoms with van der Waals surface area (Å²) in [6.07, 6.45) is 6.36. The number of hydrogen-bond acceptors (Lipinski definition) is 14. The molecule has 9 rings (SSSR count). The molecule has 0 aromatic carbocycles. The lowest BCUT2D eigenvalue weighted by Crippen LogP contribution is -2.59. The number of ketones is 1. The molecule has 0 saturated carbocycles. The highest BCUT2D eigenvalue weighted by molar-refractivity contribution is 5.86. The molecule has 14 heteroatoms. The van der Waals surface area contributed by atoms with Crippen molar-refractivity contribution < 1.29 is 67.5 Å². The van der Waals surface area contributed by atoms with Crippen LogP contribution in [0.2, 0.25) is 0 Å². The van der Waals surface area contributed by atoms with Gasteiger partial charge in [0.15, 0.2) is 17.4 Å². The summed E-state index contributed by atoms with van der Waals surface area (Å²) in [7, 11) is 0. The Balaban J connectivity index is 1.00. The minimum absolute atomic E-state index is 0.0222. The molecule has 61 heavy (non-hydrogen) atoms. The van der Waals surface area contributed by atoms with E-state index in [2.05, 4.69) is 26.8 Å². The first-order valence-electron chi connectivity index (χ1n) is 23.3. The number of allylic oxidation sites excluding steroid dienone is 3. The summed E-state index contributed by atoms with van der Waals surface area (Å²) in [5.41, 5.74) is -1.17. The Morgan fingerprint density at radius 2 is 1.54 bits per heavy atom. The third-order valence-corrected chi connectivity index (χ3v) is 15.9. The van der Waals surface area contributed by atoms with Crippen LogP contribution in [0.5, 0.6) is 0 Å². The molecular weight excluding hydrogens is 789 g/mol. The van der Waals surface area contributed by atoms with E-state index >= 15 is 0 Å². The van der Waals surface area contributed by atoms with Gasteiger partial charge in [-0.3, -0.25) is 9.59 Å². The maximum atomic E-state index is 14.1. The lowest BCUT2D eigenvalue weighted by Gasteiger charge is -2.47. The fourth-order valence-corrected chi connectivity index (χ4v) is 12.5. The van der Waals surface area contributed by atoms with Crippen molar-refractivity contribution in [3.05, 3.63) is 23.8 Å². The monoisotopic (exact) mass is 858 g/mol. The first-order valence-corrected chi connectivity index (χ1v) is 23.3. The zero-order chi connectivity index (χ0) is 43.3. The lowest BCUT2D eigenvalue weighted by atomic mass is 9.87. The summed E-state index contributed by atoms with van der Waals surface area (Å²) < 4.78 is 59.0. The van der Waals surface area contributed by atoms with E-state index in [9.17, 15) is 24.9 Å². The Bertz CT molecular complexity index is 1750. The molecule has 9 heterocycles. The molecule has 8 fully saturated rings. The Labute approximate surface area is 360 Å². The second kappa shape index (κ2) is 16.0. The van der Waals surface area contributed by atoms with Gasteiger partial charge in [-0.15, -0.1) is 0 Å². The van der Waals surface area contributed by atoms with E-state index in [1.165, 1.54) is 0 Å². The minimum atomic E-state index is -1.95. The second-order valence-electron chi connectivity index (χ2n) is 21.3. The zero-order valence-electron chi connectivity index (χ0n) is 37.2. The molecule has 3 N–H and O–H groups in total. The van der Waals surface area contributed by atoms with Crippen LogP contribution >= 0.6 is 0 Å². The van der Waals surface area contributed by atoms with Crippen molar-refractivity contribution in [3.8, 4) is 0 Å². The molecule has 8 saturated heterocycles. The highest BCUT2D eigenvalue weighted by Crippen LogP contribution is 2.55. The third-order valence-electron chi connectivity index (χ3n) is 15.9. The fourth-order valence-electron chi connectivity index (χ4n) is 12.5. The standard InChI is InChI=1S/C47H70O14/c1-26-10-11-32-34(22-37(54-32)47(52)39(49)28(3)14-20-53-47)55-41(51)29(4)31-9-8-15-45(56-31)17-12-33(57-45)40(50)44(7)24-30(48)38(60-44)35-25-43(6)18-19-46(58-35,61-43)36-13-16-42(5,59-36)23-27(2)21-26/h10-11,21,27-29,31-40,49-50,52H,8-9,12-20,22-25H2,1-7H3/b11-10-,26-21-/t27-,28+,29+,31-,32+,33-,34+,35+,36+,37-,38-,39+,40-,42-,43-,44+,45-,46-,47+/m0/s1. The van der Waals surface area contributed by atoms with E-state index < -0.39 is 101 Å². The van der Waals surface area contributed by atoms with Crippen LogP contribution in [0.4, 0.5) is 0 Å². The van der Waals surface area contributed by atoms with E-state index in [-0.39, 0.29) is 43.2 Å². The molecular formula is C47H70O14. The van der Waals surface area contributed by atoms with Crippen molar-refractivity contribution in [2.75, 3.05) is 6.61 Å². The van der Waals surface area contributed by atoms with E-state index in [1.807, 2.05) is 26.0 Å². The van der Waals surface area contributed by atoms with E-state index in [0.717, 1.165) is 37.7 Å². The molecule has 14 nitrogen and oxygen atoms in total. The van der Waals surface area contributed by atoms with Gasteiger partial charge in [0.25, 0.3) is 0 Å². The first kappa shape index (κ1) is 44.4. The molecule has 0 aromatic heterocycles. The number of ether oxygens (including phenoxy) is 9. The molecule has 0 aromatic rings. The van der Waals surface area contributed by atoms with E-state index in [4.69, 9.17) is 42.6 Å². The quantitative estimate of drug-likeness (QED) is 0.291. The predicted molar refractivity (Wildman–Crippen MR) is 218 cm³/mol. The van der Waals surface area contributed by atoms with Gasteiger partial charge in [0, 0.05) is 38.5 Å². The molecule has 10 bridgehead atoms. The maximum absolute atomic E-state index is 14.1. The molecule has 2 spiro atoms. The number of esters is 1. The summed E-state index contributed by atoms with van der Waals surface area (Å²) in [6, 6.07) is 0. The van der Waals surface area contributed by atoms with Crippen LogP contribution < -0.4 is 0 Å². The Morgan fingerprint density at radius 3 is 2.34 bits per heavy atom. The van der Waals surface area contributed by atoms with Gasteiger partial charge < -0.3 is 58.0 Å². The van der Waals surface area contributed by atoms with Crippen molar-refractivity contribution in [1.82, 2.24) is 0 Å². The first-order chi connectivity index (χ1) is 28.7. The summed E-state index contributed by atoms with van der Waals surface area (Å²) in [5, 5.41) is 34.8. The number of aliphatic hydroxyl groups excluding tert-OH is 2. The largest absolute Gasteiger partial charge is 0.459 e. The van der Waals surface area contributed by atoms with Crippen LogP contribution in [0.1, 0.15) is 138 Å². The Kier molecular flexibility index (Phi) is 11.6. The average molecular weight is 859 g/mol. The van der Waals surface area contributed by atoms with Crippen molar-refractivity contribution in [3.63, 3.8) is 0 Å². The third kappa shape index (κ3) is 8.14. The number of carbonyl (C=O) groups is 2. The fraction of sp³-hybridized carbons (Fsp3) is 0.872. The molecule has 0 aliphatic carbocycles. The Morgan fingerprint density at radius 1 is 0.754 bits per heavy atom. The van der Waals surface area contributed by atoms with Crippen molar-refractivity contribution >= 4 is 11.8 Å². The van der Waals surface area contributed by atoms with Crippen LogP contribution in [-0.2, 0) is 52.2 Å². The highest BCUT2D eigenvalue weighted by Gasteiger charge is 2.65. The summed E-state index contributed by atoms with van der Waals surface area (Å²) in [4.78, 5) is 28.0. The number of hydrogen-bond donors (Lipinski definition) is 3. The van der Waals surface area contributed by atoms with Gasteiger partial charge in [-0.2, -0.15) is 0 Å². The molecule has 9 aliphatic rings. The van der Waals surface area contributed by atoms with Gasteiger partial charge in [-0.1, -0.05) is 37.6 Å². The molecule has 0 amide bonds. The molecule has 0 unspecified atom stereocenters. The Hall–Kier alpha value is -1.82. The van der Waals surface area contributed by atoms with Crippen LogP contribution in [-0.4, -0.2) is 129 Å². The number of aliphatic hydroxyl groups is 3. The highest BCUT2D eigenvalue weighted by atomic mass is 16.8. The SMILES string of the molecule is CC1=C/[C@H](C)C[C@]2(C)CC[C@@H](O2)[C@@]23CC[C@@](C)(C[C@@H](O2)[C@H]2O[C@](C)(CC2=O)[C@@H](O)[C@@H]2CC[C@]4(CCC[C@H](O4)[C@@H](C)C(=O)O[C@@H]4C[C@@H]([C@@]5(O)OCC[C@@H](C)[C@H]5O)O[C@@H]4/C=C\1)O2)O3. The van der Waals surface area contributed by atoms with Crippen molar-refractivity contribution in [1.29, 1.82) is 0 Å². The normalized spacial score (nSPS) is 55.7. The number of fused-ring (bicyclic) bond motifs is 10. The van der Waals surface area contributed by atoms with Crippen molar-refractivity contribution in [2.24, 2.45) is 17.8 Å². The second-order valence-corrected chi connectivity index (χ2v) is 21.3. The van der Waals surface area contributed by atoms with Crippen LogP contribution in [0.25, 0.3) is 0 Å². The van der Waals surface area contributed by atoms with Crippen LogP contribution in [0.15, 0.2) is 23.8 Å². The number of rotatable bonds is 1. The van der Waals surface area contributed by atoms with Gasteiger partial charge in [-0.05, 0) is 97.8 Å². The summed E-state index contributed by atoms with van der Waals surface area (Å²) in [6.45, 7) is 14.1. The van der Waals surface area contributed by atoms with E-state index in [0.29, 0.717) is 44.9 Å². The lowest BCUT2D eigenvalue weighted by molar-refractivity contribution is -0.359. The molecule has 0 radical (unpaired) electrons. The summed E-state index contributed by atoms with van der Waals surface area (Å²) in [5.74, 6) is -5.28. The number of carbonyl (C=O) groups excluding carboxylic acids is 2. The minimum Gasteiger partial charge on any atom is -0.459 e. The van der Waals surface area contributed by atoms with Gasteiger partial charge in [-0.25, -0.2) is 0 Å². The van der Waals surface area contributed by atoms with E-state index in [1.54, 1.807) is 13.8 Å². The molecule has 19 atom stereocenters. The van der Waals surface area contributed by atoms with Gasteiger partial charge >= 0.3 is 5.97 Å². The average Bonchev–Trinajstić information content (AvgIpc) is 4.02. The van der Waals surface area contributed by atoms with Gasteiger partial charge in [0.05, 0.1) is 42.0 Å². The molecule has 9 aliphatic heterocycles. The molecule has 342 valence electrons. The van der Waals surface area contributed by atoms with Crippen LogP contribution in [0.3, 0.4) is 0 Å². The zero-order valence-corrected chi connectivity index (χ0v) is 37.2. The van der Waals surface area contributed by atoms with Gasteiger partial charge in [0.1, 0.15) is 48.3 Å². The van der Waals surface area contributed by atoms with Crippen molar-refractivity contribution in [2.45, 2.75) is 234 Å². The predicted octanol–water partition coefficient (Wildman–Crippen LogP) is 5.25. The van der Waals surface area contributed by atoms with Gasteiger partial charge in [0.2, 0.25) is 5.79 Å². The maximum Gasteiger partial charge on any atom is 0.311 e. The summed E-state index contributed by atoms with van der Waals surface area (Å²) >= 11 is 0.